The number of methoxy groups -OCH3 is 1. The third-order valence-corrected chi connectivity index (χ3v) is 3.46. The Kier molecular flexibility index (Phi) is 5.09. The molecule has 1 aromatic carbocycles. The van der Waals surface area contributed by atoms with Crippen molar-refractivity contribution in [3.63, 3.8) is 0 Å². The molecule has 2 atom stereocenters. The third kappa shape index (κ3) is 3.68. The van der Waals surface area contributed by atoms with Gasteiger partial charge in [0, 0.05) is 10.9 Å². The number of alkyl halides is 1. The molecule has 0 aromatic heterocycles. The topological polar surface area (TPSA) is 35.2 Å². The van der Waals surface area contributed by atoms with Gasteiger partial charge in [0.2, 0.25) is 0 Å². The van der Waals surface area contributed by atoms with Gasteiger partial charge in [-0.2, -0.15) is 0 Å². The van der Waals surface area contributed by atoms with E-state index >= 15 is 0 Å². The first-order valence-electron chi connectivity index (χ1n) is 5.25. The maximum atomic E-state index is 13.7. The van der Waals surface area contributed by atoms with E-state index in [0.717, 1.165) is 22.4 Å². The molecule has 4 heteroatoms. The third-order valence-electron chi connectivity index (χ3n) is 2.38. The number of rotatable bonds is 5. The highest BCUT2D eigenvalue weighted by Gasteiger charge is 2.20. The zero-order valence-electron chi connectivity index (χ0n) is 9.81. The summed E-state index contributed by atoms with van der Waals surface area (Å²) in [4.78, 5) is 0.865. The second-order valence-corrected chi connectivity index (χ2v) is 5.12. The Morgan fingerprint density at radius 2 is 1.81 bits per heavy atom. The van der Waals surface area contributed by atoms with Crippen LogP contribution < -0.4 is 10.5 Å². The van der Waals surface area contributed by atoms with Crippen LogP contribution in [0, 0.1) is 5.92 Å². The lowest BCUT2D eigenvalue weighted by Gasteiger charge is -2.19. The SMILES string of the molecule is COc1ccc(SC(F)[C@@H](N)C(C)C)cc1. The standard InChI is InChI=1S/C12H18FNOS/c1-8(2)11(14)12(13)16-10-6-4-9(15-3)5-7-10/h4-8,11-12H,14H2,1-3H3/t11-,12?/m0/s1. The van der Waals surface area contributed by atoms with Gasteiger partial charge in [-0.25, -0.2) is 4.39 Å². The van der Waals surface area contributed by atoms with Crippen LogP contribution in [-0.2, 0) is 0 Å². The van der Waals surface area contributed by atoms with Crippen molar-refractivity contribution in [3.8, 4) is 5.75 Å². The van der Waals surface area contributed by atoms with Crippen LogP contribution in [0.1, 0.15) is 13.8 Å². The lowest BCUT2D eigenvalue weighted by atomic mass is 10.1. The molecule has 16 heavy (non-hydrogen) atoms. The molecule has 2 N–H and O–H groups in total. The number of halogens is 1. The molecule has 1 aromatic rings. The molecule has 0 aliphatic carbocycles. The first-order chi connectivity index (χ1) is 7.54. The highest BCUT2D eigenvalue weighted by molar-refractivity contribution is 7.99. The van der Waals surface area contributed by atoms with E-state index in [-0.39, 0.29) is 5.92 Å². The van der Waals surface area contributed by atoms with Gasteiger partial charge < -0.3 is 10.5 Å². The lowest BCUT2D eigenvalue weighted by molar-refractivity contribution is 0.332. The van der Waals surface area contributed by atoms with Crippen LogP contribution in [0.25, 0.3) is 0 Å². The second-order valence-electron chi connectivity index (χ2n) is 3.97. The smallest absolute Gasteiger partial charge is 0.165 e. The average molecular weight is 243 g/mol. The van der Waals surface area contributed by atoms with Crippen molar-refractivity contribution in [2.45, 2.75) is 30.3 Å². The molecule has 0 saturated heterocycles. The van der Waals surface area contributed by atoms with Gasteiger partial charge in [-0.1, -0.05) is 25.6 Å². The first-order valence-corrected chi connectivity index (χ1v) is 6.13. The number of benzene rings is 1. The Morgan fingerprint density at radius 3 is 2.25 bits per heavy atom. The summed E-state index contributed by atoms with van der Waals surface area (Å²) in [7, 11) is 1.61. The molecule has 0 radical (unpaired) electrons. The van der Waals surface area contributed by atoms with E-state index in [1.54, 1.807) is 7.11 Å². The number of hydrogen-bond donors (Lipinski definition) is 1. The Balaban J connectivity index is 2.59. The van der Waals surface area contributed by atoms with Crippen LogP contribution in [0.4, 0.5) is 4.39 Å². The van der Waals surface area contributed by atoms with Crippen molar-refractivity contribution in [1.29, 1.82) is 0 Å². The minimum absolute atomic E-state index is 0.140. The van der Waals surface area contributed by atoms with Crippen molar-refractivity contribution in [2.24, 2.45) is 11.7 Å². The summed E-state index contributed by atoms with van der Waals surface area (Å²) in [5.41, 5.74) is 4.67. The van der Waals surface area contributed by atoms with Crippen molar-refractivity contribution in [3.05, 3.63) is 24.3 Å². The summed E-state index contributed by atoms with van der Waals surface area (Å²) in [6, 6.07) is 6.87. The first kappa shape index (κ1) is 13.3. The van der Waals surface area contributed by atoms with E-state index in [4.69, 9.17) is 10.5 Å². The van der Waals surface area contributed by atoms with Gasteiger partial charge in [0.25, 0.3) is 0 Å². The van der Waals surface area contributed by atoms with Crippen LogP contribution in [0.5, 0.6) is 5.75 Å². The fourth-order valence-corrected chi connectivity index (χ4v) is 2.19. The van der Waals surface area contributed by atoms with E-state index in [2.05, 4.69) is 0 Å². The van der Waals surface area contributed by atoms with Gasteiger partial charge in [-0.15, -0.1) is 0 Å². The maximum Gasteiger partial charge on any atom is 0.165 e. The Bertz CT molecular complexity index is 315. The molecule has 0 fully saturated rings. The van der Waals surface area contributed by atoms with Gasteiger partial charge in [0.15, 0.2) is 5.50 Å². The van der Waals surface area contributed by atoms with Crippen LogP contribution in [0.3, 0.4) is 0 Å². The molecule has 1 rings (SSSR count). The van der Waals surface area contributed by atoms with E-state index < -0.39 is 11.5 Å². The highest BCUT2D eigenvalue weighted by Crippen LogP contribution is 2.29. The summed E-state index contributed by atoms with van der Waals surface area (Å²) in [6.45, 7) is 3.84. The number of ether oxygens (including phenoxy) is 1. The minimum atomic E-state index is -1.08. The zero-order valence-corrected chi connectivity index (χ0v) is 10.6. The Morgan fingerprint density at radius 1 is 1.25 bits per heavy atom. The van der Waals surface area contributed by atoms with Crippen molar-refractivity contribution in [1.82, 2.24) is 0 Å². The monoisotopic (exact) mass is 243 g/mol. The van der Waals surface area contributed by atoms with E-state index in [9.17, 15) is 4.39 Å². The van der Waals surface area contributed by atoms with Crippen LogP contribution >= 0.6 is 11.8 Å². The zero-order chi connectivity index (χ0) is 12.1. The molecule has 0 bridgehead atoms. The van der Waals surface area contributed by atoms with E-state index in [1.807, 2.05) is 38.1 Å². The van der Waals surface area contributed by atoms with Crippen LogP contribution in [0.15, 0.2) is 29.2 Å². The summed E-state index contributed by atoms with van der Waals surface area (Å²) >= 11 is 1.15. The van der Waals surface area contributed by atoms with Gasteiger partial charge >= 0.3 is 0 Å². The van der Waals surface area contributed by atoms with Crippen LogP contribution in [0.2, 0.25) is 0 Å². The fraction of sp³-hybridized carbons (Fsp3) is 0.500. The quantitative estimate of drug-likeness (QED) is 0.807. The minimum Gasteiger partial charge on any atom is -0.497 e. The van der Waals surface area contributed by atoms with Crippen LogP contribution in [-0.4, -0.2) is 18.7 Å². The predicted molar refractivity (Wildman–Crippen MR) is 66.6 cm³/mol. The normalized spacial score (nSPS) is 14.9. The highest BCUT2D eigenvalue weighted by atomic mass is 32.2. The molecule has 0 aliphatic rings. The lowest BCUT2D eigenvalue weighted by Crippen LogP contribution is -2.34. The van der Waals surface area contributed by atoms with Gasteiger partial charge in [0.1, 0.15) is 5.75 Å². The number of thioether (sulfide) groups is 1. The largest absolute Gasteiger partial charge is 0.497 e. The molecule has 0 heterocycles. The molecule has 2 nitrogen and oxygen atoms in total. The van der Waals surface area contributed by atoms with Crippen molar-refractivity contribution >= 4 is 11.8 Å². The second kappa shape index (κ2) is 6.11. The number of nitrogens with two attached hydrogens (primary N) is 1. The molecular formula is C12H18FNOS. The summed E-state index contributed by atoms with van der Waals surface area (Å²) in [6.07, 6.45) is 0. The Labute approximate surface area is 100 Å². The van der Waals surface area contributed by atoms with Gasteiger partial charge in [-0.3, -0.25) is 0 Å². The average Bonchev–Trinajstić information content (AvgIpc) is 2.28. The molecule has 1 unspecified atom stereocenters. The van der Waals surface area contributed by atoms with Gasteiger partial charge in [-0.05, 0) is 30.2 Å². The molecule has 90 valence electrons. The predicted octanol–water partition coefficient (Wildman–Crippen LogP) is 3.07. The molecule has 0 saturated carbocycles. The molecule has 0 aliphatic heterocycles. The molecule has 0 spiro atoms. The van der Waals surface area contributed by atoms with Gasteiger partial charge in [0.05, 0.1) is 7.11 Å². The van der Waals surface area contributed by atoms with Crippen molar-refractivity contribution in [2.75, 3.05) is 7.11 Å². The fourth-order valence-electron chi connectivity index (χ4n) is 1.17. The number of hydrogen-bond acceptors (Lipinski definition) is 3. The summed E-state index contributed by atoms with van der Waals surface area (Å²) < 4.78 is 18.8. The summed E-state index contributed by atoms with van der Waals surface area (Å²) in [5, 5.41) is 0. The van der Waals surface area contributed by atoms with E-state index in [0.29, 0.717) is 0 Å². The van der Waals surface area contributed by atoms with Crippen molar-refractivity contribution < 1.29 is 9.13 Å². The molecule has 0 amide bonds. The Hall–Kier alpha value is -0.740. The van der Waals surface area contributed by atoms with E-state index in [1.165, 1.54) is 0 Å². The molecular weight excluding hydrogens is 225 g/mol. The maximum absolute atomic E-state index is 13.7. The summed E-state index contributed by atoms with van der Waals surface area (Å²) in [5.74, 6) is 0.911.